The summed E-state index contributed by atoms with van der Waals surface area (Å²) in [5, 5.41) is 0. The minimum atomic E-state index is -0.413. The summed E-state index contributed by atoms with van der Waals surface area (Å²) in [6, 6.07) is 1.92. The predicted molar refractivity (Wildman–Crippen MR) is 97.9 cm³/mol. The fourth-order valence-electron chi connectivity index (χ4n) is 3.22. The van der Waals surface area contributed by atoms with E-state index in [-0.39, 0.29) is 24.3 Å². The maximum atomic E-state index is 12.6. The second kappa shape index (κ2) is 8.44. The average Bonchev–Trinajstić information content (AvgIpc) is 3.04. The quantitative estimate of drug-likeness (QED) is 0.723. The van der Waals surface area contributed by atoms with Crippen LogP contribution in [-0.4, -0.2) is 64.9 Å². The molecule has 1 amide bonds. The highest BCUT2D eigenvalue weighted by Crippen LogP contribution is 2.28. The Labute approximate surface area is 154 Å². The second-order valence-corrected chi connectivity index (χ2v) is 7.69. The highest BCUT2D eigenvalue weighted by molar-refractivity contribution is 5.78. The molecule has 0 aromatic carbocycles. The first-order valence-corrected chi connectivity index (χ1v) is 8.82. The van der Waals surface area contributed by atoms with Crippen molar-refractivity contribution in [2.24, 2.45) is 5.41 Å². The van der Waals surface area contributed by atoms with E-state index in [1.54, 1.807) is 12.3 Å². The first-order chi connectivity index (χ1) is 12.2. The summed E-state index contributed by atoms with van der Waals surface area (Å²) in [6.45, 7) is 5.81. The number of carbonyl (C=O) groups excluding carboxylic acids is 2. The number of nitrogens with zero attached hydrogens (tertiary/aromatic N) is 4. The fourth-order valence-corrected chi connectivity index (χ4v) is 3.22. The molecule has 144 valence electrons. The standard InChI is InChI=1S/C18H29N5O3/c1-18(2,10-17(25)26-4)9-16(24)23-8-6-13(11-23)22(3)12-15-20-7-5-14(19)21-15/h5,7,13H,6,8-12H2,1-4H3,(H2,19,20,21). The number of aromatic nitrogens is 2. The van der Waals surface area contributed by atoms with E-state index in [0.717, 1.165) is 13.0 Å². The van der Waals surface area contributed by atoms with Crippen LogP contribution in [0.3, 0.4) is 0 Å². The van der Waals surface area contributed by atoms with Gasteiger partial charge in [-0.25, -0.2) is 9.97 Å². The zero-order valence-corrected chi connectivity index (χ0v) is 16.1. The molecule has 2 N–H and O–H groups in total. The van der Waals surface area contributed by atoms with Crippen LogP contribution in [0, 0.1) is 5.41 Å². The van der Waals surface area contributed by atoms with E-state index in [9.17, 15) is 9.59 Å². The maximum Gasteiger partial charge on any atom is 0.306 e. The van der Waals surface area contributed by atoms with Gasteiger partial charge in [0.25, 0.3) is 0 Å². The molecular formula is C18H29N5O3. The molecule has 0 saturated carbocycles. The van der Waals surface area contributed by atoms with Gasteiger partial charge in [0, 0.05) is 31.7 Å². The molecule has 0 radical (unpaired) electrons. The summed E-state index contributed by atoms with van der Waals surface area (Å²) < 4.78 is 4.72. The normalized spacial score (nSPS) is 17.6. The van der Waals surface area contributed by atoms with Crippen LogP contribution in [0.25, 0.3) is 0 Å². The van der Waals surface area contributed by atoms with Crippen molar-refractivity contribution in [3.05, 3.63) is 18.1 Å². The maximum absolute atomic E-state index is 12.6. The third-order valence-corrected chi connectivity index (χ3v) is 4.74. The molecule has 1 aliphatic heterocycles. The molecule has 26 heavy (non-hydrogen) atoms. The van der Waals surface area contributed by atoms with Crippen LogP contribution in [0.2, 0.25) is 0 Å². The smallest absolute Gasteiger partial charge is 0.306 e. The van der Waals surface area contributed by atoms with Gasteiger partial charge in [-0.1, -0.05) is 13.8 Å². The van der Waals surface area contributed by atoms with E-state index in [0.29, 0.717) is 31.2 Å². The van der Waals surface area contributed by atoms with Crippen molar-refractivity contribution in [2.75, 3.05) is 33.0 Å². The molecular weight excluding hydrogens is 334 g/mol. The number of rotatable bonds is 7. The number of esters is 1. The Morgan fingerprint density at radius 3 is 2.81 bits per heavy atom. The number of likely N-dealkylation sites (tertiary alicyclic amines) is 1. The highest BCUT2D eigenvalue weighted by atomic mass is 16.5. The van der Waals surface area contributed by atoms with Crippen molar-refractivity contribution in [3.63, 3.8) is 0 Å². The summed E-state index contributed by atoms with van der Waals surface area (Å²) in [5.74, 6) is 0.926. The van der Waals surface area contributed by atoms with E-state index in [1.807, 2.05) is 25.8 Å². The Morgan fingerprint density at radius 1 is 1.42 bits per heavy atom. The van der Waals surface area contributed by atoms with Crippen molar-refractivity contribution in [1.29, 1.82) is 0 Å². The lowest BCUT2D eigenvalue weighted by molar-refractivity contribution is -0.143. The largest absolute Gasteiger partial charge is 0.469 e. The van der Waals surface area contributed by atoms with Gasteiger partial charge < -0.3 is 15.4 Å². The number of methoxy groups -OCH3 is 1. The van der Waals surface area contributed by atoms with Gasteiger partial charge >= 0.3 is 5.97 Å². The molecule has 2 heterocycles. The summed E-state index contributed by atoms with van der Waals surface area (Å²) in [4.78, 5) is 36.6. The highest BCUT2D eigenvalue weighted by Gasteiger charge is 2.33. The molecule has 8 heteroatoms. The number of hydrogen-bond acceptors (Lipinski definition) is 7. The first-order valence-electron chi connectivity index (χ1n) is 8.82. The topological polar surface area (TPSA) is 102 Å². The van der Waals surface area contributed by atoms with Crippen molar-refractivity contribution in [3.8, 4) is 0 Å². The zero-order valence-electron chi connectivity index (χ0n) is 16.1. The summed E-state index contributed by atoms with van der Waals surface area (Å²) in [5.41, 5.74) is 5.28. The zero-order chi connectivity index (χ0) is 19.3. The van der Waals surface area contributed by atoms with Gasteiger partial charge in [0.05, 0.1) is 20.1 Å². The minimum Gasteiger partial charge on any atom is -0.469 e. The molecule has 1 aromatic heterocycles. The second-order valence-electron chi connectivity index (χ2n) is 7.69. The Bertz CT molecular complexity index is 649. The number of anilines is 1. The number of ether oxygens (including phenoxy) is 1. The van der Waals surface area contributed by atoms with Gasteiger partial charge in [-0.15, -0.1) is 0 Å². The van der Waals surface area contributed by atoms with E-state index >= 15 is 0 Å². The van der Waals surface area contributed by atoms with Crippen LogP contribution in [0.4, 0.5) is 5.82 Å². The number of likely N-dealkylation sites (N-methyl/N-ethyl adjacent to an activating group) is 1. The molecule has 1 fully saturated rings. The Morgan fingerprint density at radius 2 is 2.15 bits per heavy atom. The van der Waals surface area contributed by atoms with Crippen LogP contribution < -0.4 is 5.73 Å². The van der Waals surface area contributed by atoms with Crippen LogP contribution >= 0.6 is 0 Å². The Hall–Kier alpha value is -2.22. The van der Waals surface area contributed by atoms with E-state index in [4.69, 9.17) is 10.5 Å². The van der Waals surface area contributed by atoms with Crippen LogP contribution in [0.1, 0.15) is 38.9 Å². The lowest BCUT2D eigenvalue weighted by atomic mass is 9.85. The summed E-state index contributed by atoms with van der Waals surface area (Å²) in [7, 11) is 3.37. The first kappa shape index (κ1) is 20.1. The van der Waals surface area contributed by atoms with Gasteiger partial charge in [0.2, 0.25) is 5.91 Å². The van der Waals surface area contributed by atoms with E-state index in [1.165, 1.54) is 7.11 Å². The molecule has 1 aliphatic rings. The summed E-state index contributed by atoms with van der Waals surface area (Å²) >= 11 is 0. The SMILES string of the molecule is COC(=O)CC(C)(C)CC(=O)N1CCC(N(C)Cc2nccc(N)n2)C1. The van der Waals surface area contributed by atoms with Crippen molar-refractivity contribution in [2.45, 2.75) is 45.7 Å². The molecule has 0 aliphatic carbocycles. The fraction of sp³-hybridized carbons (Fsp3) is 0.667. The minimum absolute atomic E-state index is 0.0787. The third-order valence-electron chi connectivity index (χ3n) is 4.74. The van der Waals surface area contributed by atoms with Crippen molar-refractivity contribution in [1.82, 2.24) is 19.8 Å². The van der Waals surface area contributed by atoms with Gasteiger partial charge in [-0.05, 0) is 24.9 Å². The Balaban J connectivity index is 1.86. The molecule has 1 saturated heterocycles. The Kier molecular flexibility index (Phi) is 6.52. The molecule has 2 rings (SSSR count). The molecule has 0 spiro atoms. The lowest BCUT2D eigenvalue weighted by Crippen LogP contribution is -2.38. The van der Waals surface area contributed by atoms with Gasteiger partial charge in [0.15, 0.2) is 0 Å². The average molecular weight is 363 g/mol. The number of nitrogen functional groups attached to an aromatic ring is 1. The van der Waals surface area contributed by atoms with E-state index in [2.05, 4.69) is 14.9 Å². The third kappa shape index (κ3) is 5.66. The molecule has 1 aromatic rings. The number of nitrogens with two attached hydrogens (primary N) is 1. The lowest BCUT2D eigenvalue weighted by Gasteiger charge is -2.27. The van der Waals surface area contributed by atoms with Gasteiger partial charge in [-0.3, -0.25) is 14.5 Å². The molecule has 1 unspecified atom stereocenters. The van der Waals surface area contributed by atoms with E-state index < -0.39 is 5.41 Å². The van der Waals surface area contributed by atoms with Gasteiger partial charge in [0.1, 0.15) is 11.6 Å². The van der Waals surface area contributed by atoms with Crippen LogP contribution in [-0.2, 0) is 20.9 Å². The number of carbonyl (C=O) groups is 2. The molecule has 0 bridgehead atoms. The molecule has 1 atom stereocenters. The van der Waals surface area contributed by atoms with Crippen LogP contribution in [0.5, 0.6) is 0 Å². The van der Waals surface area contributed by atoms with Crippen molar-refractivity contribution < 1.29 is 14.3 Å². The predicted octanol–water partition coefficient (Wildman–Crippen LogP) is 1.07. The molecule has 8 nitrogen and oxygen atoms in total. The van der Waals surface area contributed by atoms with Gasteiger partial charge in [-0.2, -0.15) is 0 Å². The van der Waals surface area contributed by atoms with Crippen molar-refractivity contribution >= 4 is 17.7 Å². The summed E-state index contributed by atoms with van der Waals surface area (Å²) in [6.07, 6.45) is 3.12. The van der Waals surface area contributed by atoms with Crippen LogP contribution in [0.15, 0.2) is 12.3 Å². The monoisotopic (exact) mass is 363 g/mol. The number of amides is 1. The number of hydrogen-bond donors (Lipinski definition) is 1.